The van der Waals surface area contributed by atoms with E-state index in [2.05, 4.69) is 4.98 Å². The fourth-order valence-corrected chi connectivity index (χ4v) is 4.13. The zero-order chi connectivity index (χ0) is 21.1. The second-order valence-corrected chi connectivity index (χ2v) is 7.65. The van der Waals surface area contributed by atoms with Gasteiger partial charge in [-0.2, -0.15) is 0 Å². The molecular formula is C23H27N3O4. The van der Waals surface area contributed by atoms with E-state index in [4.69, 9.17) is 15.2 Å². The van der Waals surface area contributed by atoms with Crippen molar-refractivity contribution in [3.63, 3.8) is 0 Å². The summed E-state index contributed by atoms with van der Waals surface area (Å²) < 4.78 is 13.7. The highest BCUT2D eigenvalue weighted by Gasteiger charge is 2.24. The van der Waals surface area contributed by atoms with Gasteiger partial charge in [0.2, 0.25) is 11.8 Å². The molecule has 1 saturated carbocycles. The van der Waals surface area contributed by atoms with Gasteiger partial charge >= 0.3 is 0 Å². The number of amides is 1. The third-order valence-corrected chi connectivity index (χ3v) is 5.56. The molecule has 0 spiro atoms. The SMILES string of the molecule is CCOc1cc(C(CC(N)=O)n2cc3ncccc3c2O)ccc1OC1CCCC1. The van der Waals surface area contributed by atoms with Crippen LogP contribution in [0.3, 0.4) is 0 Å². The Morgan fingerprint density at radius 1 is 1.30 bits per heavy atom. The van der Waals surface area contributed by atoms with Crippen LogP contribution in [0.25, 0.3) is 10.9 Å². The molecule has 1 unspecified atom stereocenters. The van der Waals surface area contributed by atoms with E-state index in [0.29, 0.717) is 29.0 Å². The molecule has 158 valence electrons. The van der Waals surface area contributed by atoms with Crippen LogP contribution >= 0.6 is 0 Å². The highest BCUT2D eigenvalue weighted by atomic mass is 16.5. The minimum Gasteiger partial charge on any atom is -0.494 e. The first-order chi connectivity index (χ1) is 14.6. The molecule has 3 N–H and O–H groups in total. The fraction of sp³-hybridized carbons (Fsp3) is 0.391. The van der Waals surface area contributed by atoms with Gasteiger partial charge in [-0.05, 0) is 62.4 Å². The number of nitrogens with two attached hydrogens (primary N) is 1. The van der Waals surface area contributed by atoms with Gasteiger partial charge in [0.05, 0.1) is 36.1 Å². The van der Waals surface area contributed by atoms with Gasteiger partial charge in [-0.15, -0.1) is 0 Å². The number of nitrogens with zero attached hydrogens (tertiary/aromatic N) is 2. The molecule has 2 aromatic heterocycles. The van der Waals surface area contributed by atoms with Crippen LogP contribution in [0.4, 0.5) is 0 Å². The molecule has 0 radical (unpaired) electrons. The lowest BCUT2D eigenvalue weighted by molar-refractivity contribution is -0.118. The maximum atomic E-state index is 11.8. The number of pyridine rings is 1. The van der Waals surface area contributed by atoms with Crippen molar-refractivity contribution in [3.05, 3.63) is 48.3 Å². The Balaban J connectivity index is 1.73. The number of fused-ring (bicyclic) bond motifs is 1. The van der Waals surface area contributed by atoms with Gasteiger partial charge in [0.15, 0.2) is 11.5 Å². The second-order valence-electron chi connectivity index (χ2n) is 7.65. The minimum atomic E-state index is -0.489. The summed E-state index contributed by atoms with van der Waals surface area (Å²) in [6, 6.07) is 8.72. The Labute approximate surface area is 175 Å². The summed E-state index contributed by atoms with van der Waals surface area (Å²) in [5.74, 6) is 0.919. The summed E-state index contributed by atoms with van der Waals surface area (Å²) in [5, 5.41) is 11.4. The van der Waals surface area contributed by atoms with Gasteiger partial charge < -0.3 is 24.9 Å². The lowest BCUT2D eigenvalue weighted by atomic mass is 10.0. The summed E-state index contributed by atoms with van der Waals surface area (Å²) in [6.45, 7) is 2.41. The maximum absolute atomic E-state index is 11.8. The van der Waals surface area contributed by atoms with E-state index in [1.807, 2.05) is 25.1 Å². The zero-order valence-electron chi connectivity index (χ0n) is 17.1. The smallest absolute Gasteiger partial charge is 0.219 e. The molecule has 1 atom stereocenters. The number of hydrogen-bond donors (Lipinski definition) is 2. The summed E-state index contributed by atoms with van der Waals surface area (Å²) >= 11 is 0. The zero-order valence-corrected chi connectivity index (χ0v) is 17.1. The van der Waals surface area contributed by atoms with Crippen LogP contribution in [0.2, 0.25) is 0 Å². The van der Waals surface area contributed by atoms with E-state index in [1.165, 1.54) is 12.8 Å². The van der Waals surface area contributed by atoms with Crippen LogP contribution in [0.5, 0.6) is 17.4 Å². The molecule has 2 heterocycles. The predicted molar refractivity (Wildman–Crippen MR) is 114 cm³/mol. The Kier molecular flexibility index (Phi) is 5.79. The molecule has 1 amide bonds. The molecule has 7 nitrogen and oxygen atoms in total. The summed E-state index contributed by atoms with van der Waals surface area (Å²) in [4.78, 5) is 16.1. The number of carbonyl (C=O) groups excluding carboxylic acids is 1. The molecule has 1 aromatic carbocycles. The Morgan fingerprint density at radius 2 is 2.10 bits per heavy atom. The molecule has 0 saturated heterocycles. The molecule has 7 heteroatoms. The molecule has 0 aliphatic heterocycles. The Bertz CT molecular complexity index is 1040. The van der Waals surface area contributed by atoms with Crippen LogP contribution in [-0.4, -0.2) is 33.3 Å². The van der Waals surface area contributed by atoms with E-state index < -0.39 is 11.9 Å². The Morgan fingerprint density at radius 3 is 2.80 bits per heavy atom. The van der Waals surface area contributed by atoms with Crippen molar-refractivity contribution in [1.82, 2.24) is 9.55 Å². The van der Waals surface area contributed by atoms with Crippen molar-refractivity contribution in [2.45, 2.75) is 51.2 Å². The van der Waals surface area contributed by atoms with Gasteiger partial charge in [-0.25, -0.2) is 0 Å². The second kappa shape index (κ2) is 8.65. The van der Waals surface area contributed by atoms with Gasteiger partial charge in [0.25, 0.3) is 0 Å². The highest BCUT2D eigenvalue weighted by molar-refractivity contribution is 5.84. The first-order valence-electron chi connectivity index (χ1n) is 10.4. The van der Waals surface area contributed by atoms with Crippen LogP contribution in [-0.2, 0) is 4.79 Å². The molecule has 1 aliphatic rings. The maximum Gasteiger partial charge on any atom is 0.219 e. The number of ether oxygens (including phenoxy) is 2. The molecule has 0 bridgehead atoms. The van der Waals surface area contributed by atoms with Crippen molar-refractivity contribution in [1.29, 1.82) is 0 Å². The van der Waals surface area contributed by atoms with E-state index in [1.54, 1.807) is 29.1 Å². The normalized spacial score (nSPS) is 15.4. The van der Waals surface area contributed by atoms with E-state index in [9.17, 15) is 9.90 Å². The van der Waals surface area contributed by atoms with E-state index in [-0.39, 0.29) is 18.4 Å². The molecule has 4 rings (SSSR count). The summed E-state index contributed by atoms with van der Waals surface area (Å²) in [6.07, 6.45) is 8.11. The summed E-state index contributed by atoms with van der Waals surface area (Å²) in [5.41, 5.74) is 6.99. The van der Waals surface area contributed by atoms with Crippen molar-refractivity contribution in [2.24, 2.45) is 5.73 Å². The largest absolute Gasteiger partial charge is 0.494 e. The van der Waals surface area contributed by atoms with Crippen LogP contribution in [0.15, 0.2) is 42.7 Å². The first-order valence-corrected chi connectivity index (χ1v) is 10.4. The monoisotopic (exact) mass is 409 g/mol. The third-order valence-electron chi connectivity index (χ3n) is 5.56. The van der Waals surface area contributed by atoms with Crippen molar-refractivity contribution >= 4 is 16.8 Å². The van der Waals surface area contributed by atoms with E-state index in [0.717, 1.165) is 18.4 Å². The first kappa shape index (κ1) is 20.1. The van der Waals surface area contributed by atoms with Gasteiger partial charge in [0.1, 0.15) is 0 Å². The van der Waals surface area contributed by atoms with E-state index >= 15 is 0 Å². The summed E-state index contributed by atoms with van der Waals surface area (Å²) in [7, 11) is 0. The van der Waals surface area contributed by atoms with Crippen LogP contribution in [0, 0.1) is 0 Å². The lowest BCUT2D eigenvalue weighted by Crippen LogP contribution is -2.20. The number of rotatable bonds is 8. The van der Waals surface area contributed by atoms with Crippen molar-refractivity contribution in [3.8, 4) is 17.4 Å². The fourth-order valence-electron chi connectivity index (χ4n) is 4.13. The third kappa shape index (κ3) is 4.06. The molecular weight excluding hydrogens is 382 g/mol. The predicted octanol–water partition coefficient (Wildman–Crippen LogP) is 3.93. The Hall–Kier alpha value is -3.22. The minimum absolute atomic E-state index is 0.0307. The molecule has 3 aromatic rings. The molecule has 30 heavy (non-hydrogen) atoms. The number of aromatic nitrogens is 2. The van der Waals surface area contributed by atoms with Crippen molar-refractivity contribution < 1.29 is 19.4 Å². The van der Waals surface area contributed by atoms with Gasteiger partial charge in [-0.1, -0.05) is 6.07 Å². The number of carbonyl (C=O) groups is 1. The quantitative estimate of drug-likeness (QED) is 0.587. The van der Waals surface area contributed by atoms with Crippen LogP contribution in [0.1, 0.15) is 50.6 Å². The average molecular weight is 409 g/mol. The standard InChI is InChI=1S/C23H27N3O4/c1-2-29-21-12-15(9-10-20(21)30-16-6-3-4-7-16)19(13-22(24)27)26-14-18-17(23(26)28)8-5-11-25-18/h5,8-12,14,16,19,28H,2-4,6-7,13H2,1H3,(H2,24,27). The molecule has 1 fully saturated rings. The number of aromatic hydroxyl groups is 1. The van der Waals surface area contributed by atoms with Gasteiger partial charge in [0, 0.05) is 12.4 Å². The van der Waals surface area contributed by atoms with Crippen LogP contribution < -0.4 is 15.2 Å². The molecule has 1 aliphatic carbocycles. The topological polar surface area (TPSA) is 99.6 Å². The lowest BCUT2D eigenvalue weighted by Gasteiger charge is -2.22. The van der Waals surface area contributed by atoms with Gasteiger partial charge in [-0.3, -0.25) is 9.78 Å². The van der Waals surface area contributed by atoms with Crippen molar-refractivity contribution in [2.75, 3.05) is 6.61 Å². The number of benzene rings is 1. The highest BCUT2D eigenvalue weighted by Crippen LogP contribution is 2.38. The number of primary amides is 1. The average Bonchev–Trinajstić information content (AvgIpc) is 3.36. The number of hydrogen-bond acceptors (Lipinski definition) is 5.